The fourth-order valence-electron chi connectivity index (χ4n) is 1.47. The van der Waals surface area contributed by atoms with Gasteiger partial charge in [-0.15, -0.1) is 0 Å². The molecule has 0 aromatic heterocycles. The minimum Gasteiger partial charge on any atom is -0.497 e. The summed E-state index contributed by atoms with van der Waals surface area (Å²) in [5.74, 6) is -0.294. The third-order valence-corrected chi connectivity index (χ3v) is 3.00. The van der Waals surface area contributed by atoms with Gasteiger partial charge in [-0.25, -0.2) is 4.79 Å². The standard InChI is InChI=1S/C15H21NO4/c1-5-15(2,3)16-13(17)10-20-14(18)11-7-6-8-12(9-11)19-4/h6-9H,5,10H2,1-4H3,(H,16,17). The van der Waals surface area contributed by atoms with Crippen molar-refractivity contribution in [2.75, 3.05) is 13.7 Å². The van der Waals surface area contributed by atoms with E-state index in [0.717, 1.165) is 6.42 Å². The molecule has 1 aromatic rings. The Balaban J connectivity index is 2.53. The second kappa shape index (κ2) is 6.93. The van der Waals surface area contributed by atoms with Gasteiger partial charge in [0.25, 0.3) is 5.91 Å². The van der Waals surface area contributed by atoms with E-state index in [1.165, 1.54) is 7.11 Å². The molecular formula is C15H21NO4. The minimum absolute atomic E-state index is 0.292. The lowest BCUT2D eigenvalue weighted by molar-refractivity contribution is -0.125. The Bertz CT molecular complexity index is 483. The largest absolute Gasteiger partial charge is 0.497 e. The van der Waals surface area contributed by atoms with Gasteiger partial charge in [0.2, 0.25) is 0 Å². The van der Waals surface area contributed by atoms with Gasteiger partial charge in [-0.1, -0.05) is 13.0 Å². The Morgan fingerprint density at radius 3 is 2.60 bits per heavy atom. The molecule has 1 N–H and O–H groups in total. The molecule has 0 saturated carbocycles. The molecule has 1 amide bonds. The molecule has 0 saturated heterocycles. The van der Waals surface area contributed by atoms with E-state index in [2.05, 4.69) is 5.32 Å². The summed E-state index contributed by atoms with van der Waals surface area (Å²) in [5, 5.41) is 2.79. The Labute approximate surface area is 119 Å². The van der Waals surface area contributed by atoms with Crippen LogP contribution in [0.1, 0.15) is 37.6 Å². The highest BCUT2D eigenvalue weighted by Crippen LogP contribution is 2.13. The summed E-state index contributed by atoms with van der Waals surface area (Å²) < 4.78 is 10.00. The first-order chi connectivity index (χ1) is 9.38. The van der Waals surface area contributed by atoms with Crippen molar-refractivity contribution in [1.29, 1.82) is 0 Å². The number of esters is 1. The molecule has 0 spiro atoms. The zero-order chi connectivity index (χ0) is 15.2. The molecule has 0 unspecified atom stereocenters. The second-order valence-electron chi connectivity index (χ2n) is 5.09. The van der Waals surface area contributed by atoms with Crippen LogP contribution in [0.25, 0.3) is 0 Å². The summed E-state index contributed by atoms with van der Waals surface area (Å²) >= 11 is 0. The van der Waals surface area contributed by atoms with Crippen molar-refractivity contribution in [3.8, 4) is 5.75 Å². The Morgan fingerprint density at radius 2 is 2.00 bits per heavy atom. The van der Waals surface area contributed by atoms with Crippen LogP contribution in [-0.2, 0) is 9.53 Å². The van der Waals surface area contributed by atoms with Gasteiger partial charge in [0, 0.05) is 5.54 Å². The molecule has 0 aliphatic heterocycles. The Kier molecular flexibility index (Phi) is 5.55. The highest BCUT2D eigenvalue weighted by atomic mass is 16.5. The summed E-state index contributed by atoms with van der Waals surface area (Å²) in [6.45, 7) is 5.51. The third kappa shape index (κ3) is 4.91. The van der Waals surface area contributed by atoms with E-state index in [4.69, 9.17) is 9.47 Å². The van der Waals surface area contributed by atoms with E-state index in [1.807, 2.05) is 20.8 Å². The number of benzene rings is 1. The van der Waals surface area contributed by atoms with Crippen LogP contribution in [0.5, 0.6) is 5.75 Å². The van der Waals surface area contributed by atoms with Crippen molar-refractivity contribution < 1.29 is 19.1 Å². The predicted octanol–water partition coefficient (Wildman–Crippen LogP) is 2.16. The Morgan fingerprint density at radius 1 is 1.30 bits per heavy atom. The summed E-state index contributed by atoms with van der Waals surface area (Å²) in [5.41, 5.74) is 0.0475. The van der Waals surface area contributed by atoms with Crippen LogP contribution in [0, 0.1) is 0 Å². The van der Waals surface area contributed by atoms with Crippen molar-refractivity contribution in [2.45, 2.75) is 32.7 Å². The van der Waals surface area contributed by atoms with Crippen LogP contribution in [0.3, 0.4) is 0 Å². The van der Waals surface area contributed by atoms with Crippen molar-refractivity contribution in [2.24, 2.45) is 0 Å². The maximum atomic E-state index is 11.8. The molecule has 110 valence electrons. The first-order valence-electron chi connectivity index (χ1n) is 6.50. The number of carbonyl (C=O) groups excluding carboxylic acids is 2. The monoisotopic (exact) mass is 279 g/mol. The van der Waals surface area contributed by atoms with Gasteiger partial charge in [0.15, 0.2) is 6.61 Å². The number of hydrogen-bond acceptors (Lipinski definition) is 4. The molecule has 0 radical (unpaired) electrons. The molecule has 0 heterocycles. The molecule has 1 rings (SSSR count). The molecular weight excluding hydrogens is 258 g/mol. The normalized spacial score (nSPS) is 10.8. The second-order valence-corrected chi connectivity index (χ2v) is 5.09. The highest BCUT2D eigenvalue weighted by Gasteiger charge is 2.19. The Hall–Kier alpha value is -2.04. The van der Waals surface area contributed by atoms with Gasteiger partial charge in [-0.2, -0.15) is 0 Å². The van der Waals surface area contributed by atoms with Crippen LogP contribution < -0.4 is 10.1 Å². The quantitative estimate of drug-likeness (QED) is 0.810. The lowest BCUT2D eigenvalue weighted by atomic mass is 10.0. The van der Waals surface area contributed by atoms with Gasteiger partial charge in [0.05, 0.1) is 12.7 Å². The SMILES string of the molecule is CCC(C)(C)NC(=O)COC(=O)c1cccc(OC)c1. The highest BCUT2D eigenvalue weighted by molar-refractivity contribution is 5.91. The first kappa shape index (κ1) is 16.0. The maximum absolute atomic E-state index is 11.8. The van der Waals surface area contributed by atoms with Crippen molar-refractivity contribution in [3.05, 3.63) is 29.8 Å². The van der Waals surface area contributed by atoms with Crippen molar-refractivity contribution in [1.82, 2.24) is 5.32 Å². The number of hydrogen-bond donors (Lipinski definition) is 1. The number of amides is 1. The lowest BCUT2D eigenvalue weighted by Crippen LogP contribution is -2.44. The summed E-state index contributed by atoms with van der Waals surface area (Å²) in [6.07, 6.45) is 0.794. The summed E-state index contributed by atoms with van der Waals surface area (Å²) in [7, 11) is 1.52. The molecule has 5 nitrogen and oxygen atoms in total. The smallest absolute Gasteiger partial charge is 0.338 e. The fourth-order valence-corrected chi connectivity index (χ4v) is 1.47. The van der Waals surface area contributed by atoms with Gasteiger partial charge < -0.3 is 14.8 Å². The van der Waals surface area contributed by atoms with Crippen LogP contribution >= 0.6 is 0 Å². The van der Waals surface area contributed by atoms with Gasteiger partial charge in [-0.05, 0) is 38.5 Å². The molecule has 0 aliphatic rings. The molecule has 1 aromatic carbocycles. The minimum atomic E-state index is -0.548. The number of rotatable bonds is 6. The number of carbonyl (C=O) groups is 2. The summed E-state index contributed by atoms with van der Waals surface area (Å²) in [4.78, 5) is 23.5. The van der Waals surface area contributed by atoms with Crippen LogP contribution in [0.4, 0.5) is 0 Å². The van der Waals surface area contributed by atoms with Crippen molar-refractivity contribution >= 4 is 11.9 Å². The summed E-state index contributed by atoms with van der Waals surface area (Å²) in [6, 6.07) is 6.60. The molecule has 0 atom stereocenters. The van der Waals surface area contributed by atoms with Gasteiger partial charge >= 0.3 is 5.97 Å². The molecule has 0 aliphatic carbocycles. The van der Waals surface area contributed by atoms with E-state index in [9.17, 15) is 9.59 Å². The molecule has 0 fully saturated rings. The average Bonchev–Trinajstić information content (AvgIpc) is 2.44. The maximum Gasteiger partial charge on any atom is 0.338 e. The van der Waals surface area contributed by atoms with E-state index in [0.29, 0.717) is 11.3 Å². The number of ether oxygens (including phenoxy) is 2. The van der Waals surface area contributed by atoms with Gasteiger partial charge in [-0.3, -0.25) is 4.79 Å². The zero-order valence-electron chi connectivity index (χ0n) is 12.4. The molecule has 5 heteroatoms. The number of methoxy groups -OCH3 is 1. The number of nitrogens with one attached hydrogen (secondary N) is 1. The first-order valence-corrected chi connectivity index (χ1v) is 6.50. The topological polar surface area (TPSA) is 64.6 Å². The van der Waals surface area contributed by atoms with E-state index in [1.54, 1.807) is 24.3 Å². The van der Waals surface area contributed by atoms with Gasteiger partial charge in [0.1, 0.15) is 5.75 Å². The van der Waals surface area contributed by atoms with E-state index in [-0.39, 0.29) is 18.1 Å². The molecule has 20 heavy (non-hydrogen) atoms. The van der Waals surface area contributed by atoms with Crippen LogP contribution in [0.2, 0.25) is 0 Å². The van der Waals surface area contributed by atoms with E-state index < -0.39 is 5.97 Å². The predicted molar refractivity (Wildman–Crippen MR) is 75.8 cm³/mol. The van der Waals surface area contributed by atoms with Crippen LogP contribution in [0.15, 0.2) is 24.3 Å². The molecule has 0 bridgehead atoms. The van der Waals surface area contributed by atoms with Crippen LogP contribution in [-0.4, -0.2) is 31.1 Å². The third-order valence-electron chi connectivity index (χ3n) is 3.00. The fraction of sp³-hybridized carbons (Fsp3) is 0.467. The van der Waals surface area contributed by atoms with Crippen molar-refractivity contribution in [3.63, 3.8) is 0 Å². The van der Waals surface area contributed by atoms with E-state index >= 15 is 0 Å². The lowest BCUT2D eigenvalue weighted by Gasteiger charge is -2.24. The average molecular weight is 279 g/mol. The zero-order valence-corrected chi connectivity index (χ0v) is 12.4.